The van der Waals surface area contributed by atoms with Crippen molar-refractivity contribution in [2.75, 3.05) is 50.0 Å². The fourth-order valence-electron chi connectivity index (χ4n) is 4.02. The third-order valence-electron chi connectivity index (χ3n) is 5.85. The lowest BCUT2D eigenvalue weighted by Gasteiger charge is -2.31. The number of sulfonamides is 1. The van der Waals surface area contributed by atoms with Crippen molar-refractivity contribution in [2.24, 2.45) is 0 Å². The molecule has 1 aromatic carbocycles. The predicted octanol–water partition coefficient (Wildman–Crippen LogP) is 0.740. The molecule has 1 N–H and O–H groups in total. The van der Waals surface area contributed by atoms with Gasteiger partial charge in [-0.2, -0.15) is 9.40 Å². The normalized spacial score (nSPS) is 22.1. The van der Waals surface area contributed by atoms with E-state index in [1.807, 2.05) is 7.05 Å². The van der Waals surface area contributed by atoms with Gasteiger partial charge >= 0.3 is 0 Å². The number of aromatic nitrogens is 2. The molecule has 0 saturated carbocycles. The van der Waals surface area contributed by atoms with Gasteiger partial charge in [-0.25, -0.2) is 21.5 Å². The zero-order chi connectivity index (χ0) is 23.1. The number of rotatable bonds is 5. The lowest BCUT2D eigenvalue weighted by molar-refractivity contribution is 0.102. The number of benzene rings is 1. The molecule has 1 amide bonds. The molecule has 4 rings (SSSR count). The zero-order valence-electron chi connectivity index (χ0n) is 18.1. The van der Waals surface area contributed by atoms with Crippen molar-refractivity contribution in [1.82, 2.24) is 19.0 Å². The lowest BCUT2D eigenvalue weighted by Crippen LogP contribution is -2.47. The van der Waals surface area contributed by atoms with Crippen LogP contribution >= 0.6 is 0 Å². The Morgan fingerprint density at radius 1 is 1.16 bits per heavy atom. The molecule has 0 spiro atoms. The summed E-state index contributed by atoms with van der Waals surface area (Å²) in [6.07, 6.45) is 0.436. The van der Waals surface area contributed by atoms with Crippen LogP contribution in [0, 0.1) is 6.92 Å². The summed E-state index contributed by atoms with van der Waals surface area (Å²) in [5, 5.41) is 7.13. The summed E-state index contributed by atoms with van der Waals surface area (Å²) >= 11 is 0. The van der Waals surface area contributed by atoms with Crippen LogP contribution in [0.25, 0.3) is 0 Å². The van der Waals surface area contributed by atoms with Crippen LogP contribution < -0.4 is 5.32 Å². The SMILES string of the molecule is Cc1cc(NC(=O)c2cccc(S(=O)(=O)N3CCN(C)CC3)c2)n(C2CCS(=O)(=O)C2)n1. The van der Waals surface area contributed by atoms with Gasteiger partial charge in [-0.1, -0.05) is 6.07 Å². The van der Waals surface area contributed by atoms with Crippen molar-refractivity contribution in [3.05, 3.63) is 41.6 Å². The van der Waals surface area contributed by atoms with Gasteiger partial charge in [-0.15, -0.1) is 0 Å². The molecule has 0 aliphatic carbocycles. The number of anilines is 1. The van der Waals surface area contributed by atoms with E-state index in [4.69, 9.17) is 0 Å². The molecule has 1 aromatic heterocycles. The topological polar surface area (TPSA) is 122 Å². The molecule has 174 valence electrons. The summed E-state index contributed by atoms with van der Waals surface area (Å²) in [7, 11) is -4.87. The Labute approximate surface area is 188 Å². The van der Waals surface area contributed by atoms with Crippen molar-refractivity contribution in [2.45, 2.75) is 24.3 Å². The summed E-state index contributed by atoms with van der Waals surface area (Å²) in [4.78, 5) is 15.1. The third kappa shape index (κ3) is 4.72. The van der Waals surface area contributed by atoms with Crippen molar-refractivity contribution in [3.8, 4) is 0 Å². The second-order valence-corrected chi connectivity index (χ2v) is 12.5. The molecule has 2 fully saturated rings. The average molecular weight is 482 g/mol. The number of carbonyl (C=O) groups excluding carboxylic acids is 1. The van der Waals surface area contributed by atoms with E-state index in [-0.39, 0.29) is 28.0 Å². The Bertz CT molecular complexity index is 1230. The first kappa shape index (κ1) is 22.9. The van der Waals surface area contributed by atoms with Gasteiger partial charge in [0.1, 0.15) is 5.82 Å². The van der Waals surface area contributed by atoms with E-state index in [0.717, 1.165) is 0 Å². The predicted molar refractivity (Wildman–Crippen MR) is 120 cm³/mol. The first-order chi connectivity index (χ1) is 15.0. The second kappa shape index (κ2) is 8.58. The number of hydrogen-bond acceptors (Lipinski definition) is 7. The molecule has 0 bridgehead atoms. The minimum absolute atomic E-state index is 0.0181. The monoisotopic (exact) mass is 481 g/mol. The van der Waals surface area contributed by atoms with Gasteiger partial charge in [0.05, 0.1) is 28.1 Å². The number of nitrogens with one attached hydrogen (secondary N) is 1. The Morgan fingerprint density at radius 3 is 2.53 bits per heavy atom. The van der Waals surface area contributed by atoms with Crippen LogP contribution in [0.1, 0.15) is 28.5 Å². The lowest BCUT2D eigenvalue weighted by atomic mass is 10.2. The Hall–Kier alpha value is -2.28. The van der Waals surface area contributed by atoms with Gasteiger partial charge in [0, 0.05) is 37.8 Å². The van der Waals surface area contributed by atoms with E-state index in [1.54, 1.807) is 29.8 Å². The van der Waals surface area contributed by atoms with Crippen LogP contribution in [-0.4, -0.2) is 86.5 Å². The molecule has 1 unspecified atom stereocenters. The minimum atomic E-state index is -3.70. The van der Waals surface area contributed by atoms with Gasteiger partial charge in [-0.05, 0) is 38.6 Å². The van der Waals surface area contributed by atoms with Crippen LogP contribution in [-0.2, 0) is 19.9 Å². The van der Waals surface area contributed by atoms with E-state index in [2.05, 4.69) is 15.3 Å². The van der Waals surface area contributed by atoms with Gasteiger partial charge < -0.3 is 10.2 Å². The highest BCUT2D eigenvalue weighted by Gasteiger charge is 2.32. The summed E-state index contributed by atoms with van der Waals surface area (Å²) in [5.41, 5.74) is 0.848. The maximum Gasteiger partial charge on any atom is 0.256 e. The van der Waals surface area contributed by atoms with Crippen molar-refractivity contribution in [1.29, 1.82) is 0 Å². The quantitative estimate of drug-likeness (QED) is 0.668. The van der Waals surface area contributed by atoms with Crippen LogP contribution in [0.15, 0.2) is 35.2 Å². The summed E-state index contributed by atoms with van der Waals surface area (Å²) < 4.78 is 52.8. The van der Waals surface area contributed by atoms with E-state index < -0.39 is 25.8 Å². The Kier molecular flexibility index (Phi) is 6.14. The molecular formula is C20H27N5O5S2. The van der Waals surface area contributed by atoms with E-state index >= 15 is 0 Å². The number of nitrogens with zero attached hydrogens (tertiary/aromatic N) is 4. The van der Waals surface area contributed by atoms with Crippen molar-refractivity contribution in [3.63, 3.8) is 0 Å². The number of amides is 1. The number of likely N-dealkylation sites (N-methyl/N-ethyl adjacent to an activating group) is 1. The number of piperazine rings is 1. The minimum Gasteiger partial charge on any atom is -0.307 e. The third-order valence-corrected chi connectivity index (χ3v) is 9.50. The van der Waals surface area contributed by atoms with Crippen molar-refractivity contribution < 1.29 is 21.6 Å². The van der Waals surface area contributed by atoms with Gasteiger partial charge in [0.15, 0.2) is 9.84 Å². The molecule has 2 aliphatic heterocycles. The number of sulfone groups is 1. The van der Waals surface area contributed by atoms with Gasteiger partial charge in [0.2, 0.25) is 10.0 Å². The number of aryl methyl sites for hydroxylation is 1. The number of hydrogen-bond donors (Lipinski definition) is 1. The molecule has 12 heteroatoms. The molecule has 1 atom stereocenters. The van der Waals surface area contributed by atoms with Gasteiger partial charge in [0.25, 0.3) is 5.91 Å². The largest absolute Gasteiger partial charge is 0.307 e. The van der Waals surface area contributed by atoms with Crippen molar-refractivity contribution >= 4 is 31.6 Å². The Balaban J connectivity index is 1.54. The van der Waals surface area contributed by atoms with E-state index in [0.29, 0.717) is 44.1 Å². The van der Waals surface area contributed by atoms with E-state index in [1.165, 1.54) is 16.4 Å². The summed E-state index contributed by atoms with van der Waals surface area (Å²) in [5.74, 6) is -0.0179. The molecule has 10 nitrogen and oxygen atoms in total. The fourth-order valence-corrected chi connectivity index (χ4v) is 7.18. The average Bonchev–Trinajstić information content (AvgIpc) is 3.29. The molecule has 0 radical (unpaired) electrons. The highest BCUT2D eigenvalue weighted by atomic mass is 32.2. The molecule has 3 heterocycles. The second-order valence-electron chi connectivity index (χ2n) is 8.36. The van der Waals surface area contributed by atoms with Crippen LogP contribution in [0.5, 0.6) is 0 Å². The summed E-state index contributed by atoms with van der Waals surface area (Å²) in [6.45, 7) is 3.87. The van der Waals surface area contributed by atoms with E-state index in [9.17, 15) is 21.6 Å². The standard InChI is InChI=1S/C20H27N5O5S2/c1-15-12-19(25(22-15)17-6-11-31(27,28)14-17)21-20(26)16-4-3-5-18(13-16)32(29,30)24-9-7-23(2)8-10-24/h3-5,12-13,17H,6-11,14H2,1-2H3,(H,21,26). The van der Waals surface area contributed by atoms with Gasteiger partial charge in [-0.3, -0.25) is 4.79 Å². The Morgan fingerprint density at radius 2 is 1.88 bits per heavy atom. The zero-order valence-corrected chi connectivity index (χ0v) is 19.7. The molecule has 2 aromatic rings. The van der Waals surface area contributed by atoms with Crippen LogP contribution in [0.3, 0.4) is 0 Å². The molecule has 2 saturated heterocycles. The van der Waals surface area contributed by atoms with Crippen LogP contribution in [0.4, 0.5) is 5.82 Å². The fraction of sp³-hybridized carbons (Fsp3) is 0.500. The maximum atomic E-state index is 13.0. The first-order valence-electron chi connectivity index (χ1n) is 10.4. The summed E-state index contributed by atoms with van der Waals surface area (Å²) in [6, 6.07) is 7.29. The molecule has 2 aliphatic rings. The highest BCUT2D eigenvalue weighted by molar-refractivity contribution is 7.91. The maximum absolute atomic E-state index is 13.0. The molecular weight excluding hydrogens is 454 g/mol. The first-order valence-corrected chi connectivity index (χ1v) is 13.7. The highest BCUT2D eigenvalue weighted by Crippen LogP contribution is 2.27. The number of carbonyl (C=O) groups is 1. The molecule has 32 heavy (non-hydrogen) atoms. The van der Waals surface area contributed by atoms with Crippen LogP contribution in [0.2, 0.25) is 0 Å². The smallest absolute Gasteiger partial charge is 0.256 e.